The SMILES string of the molecule is COc1ccc(C2=C[C@H](C)[C@H](CO)CC2)cc1. The lowest BCUT2D eigenvalue weighted by molar-refractivity contribution is 0.189. The molecule has 0 aliphatic heterocycles. The van der Waals surface area contributed by atoms with Gasteiger partial charge >= 0.3 is 0 Å². The van der Waals surface area contributed by atoms with Crippen LogP contribution in [0.4, 0.5) is 0 Å². The van der Waals surface area contributed by atoms with Crippen molar-refractivity contribution in [3.63, 3.8) is 0 Å². The van der Waals surface area contributed by atoms with Crippen LogP contribution in [0, 0.1) is 11.8 Å². The molecule has 0 unspecified atom stereocenters. The average Bonchev–Trinajstić information content (AvgIpc) is 2.39. The number of rotatable bonds is 3. The van der Waals surface area contributed by atoms with Crippen LogP contribution in [-0.4, -0.2) is 18.8 Å². The van der Waals surface area contributed by atoms with Gasteiger partial charge in [-0.2, -0.15) is 0 Å². The van der Waals surface area contributed by atoms with E-state index >= 15 is 0 Å². The minimum atomic E-state index is 0.299. The highest BCUT2D eigenvalue weighted by atomic mass is 16.5. The average molecular weight is 232 g/mol. The fourth-order valence-corrected chi connectivity index (χ4v) is 2.44. The van der Waals surface area contributed by atoms with Crippen LogP contribution in [0.1, 0.15) is 25.3 Å². The van der Waals surface area contributed by atoms with E-state index in [9.17, 15) is 5.11 Å². The molecule has 0 bridgehead atoms. The van der Waals surface area contributed by atoms with Crippen molar-refractivity contribution in [3.05, 3.63) is 35.9 Å². The molecule has 2 rings (SSSR count). The Balaban J connectivity index is 2.17. The summed E-state index contributed by atoms with van der Waals surface area (Å²) in [6, 6.07) is 8.21. The van der Waals surface area contributed by atoms with Crippen molar-refractivity contribution < 1.29 is 9.84 Å². The normalized spacial score (nSPS) is 24.3. The fraction of sp³-hybridized carbons (Fsp3) is 0.467. The van der Waals surface area contributed by atoms with Crippen LogP contribution in [-0.2, 0) is 0 Å². The number of benzene rings is 1. The van der Waals surface area contributed by atoms with Gasteiger partial charge < -0.3 is 9.84 Å². The van der Waals surface area contributed by atoms with Crippen molar-refractivity contribution in [2.45, 2.75) is 19.8 Å². The molecule has 0 heterocycles. The van der Waals surface area contributed by atoms with E-state index in [1.54, 1.807) is 7.11 Å². The largest absolute Gasteiger partial charge is 0.497 e. The van der Waals surface area contributed by atoms with E-state index in [0.717, 1.165) is 18.6 Å². The van der Waals surface area contributed by atoms with Crippen molar-refractivity contribution >= 4 is 5.57 Å². The Labute approximate surface area is 103 Å². The maximum absolute atomic E-state index is 9.24. The van der Waals surface area contributed by atoms with Gasteiger partial charge in [0.05, 0.1) is 7.11 Å². The Morgan fingerprint density at radius 2 is 2.00 bits per heavy atom. The molecule has 0 spiro atoms. The molecule has 1 aliphatic rings. The summed E-state index contributed by atoms with van der Waals surface area (Å²) in [7, 11) is 1.68. The number of hydrogen-bond donors (Lipinski definition) is 1. The van der Waals surface area contributed by atoms with Gasteiger partial charge in [-0.1, -0.05) is 25.1 Å². The van der Waals surface area contributed by atoms with Gasteiger partial charge in [0, 0.05) is 6.61 Å². The molecule has 1 aromatic carbocycles. The van der Waals surface area contributed by atoms with E-state index in [2.05, 4.69) is 25.1 Å². The number of methoxy groups -OCH3 is 1. The minimum absolute atomic E-state index is 0.299. The smallest absolute Gasteiger partial charge is 0.118 e. The summed E-state index contributed by atoms with van der Waals surface area (Å²) in [5.41, 5.74) is 2.67. The van der Waals surface area contributed by atoms with Gasteiger partial charge in [-0.15, -0.1) is 0 Å². The lowest BCUT2D eigenvalue weighted by atomic mass is 9.80. The molecule has 0 fully saturated rings. The summed E-state index contributed by atoms with van der Waals surface area (Å²) in [5, 5.41) is 9.24. The standard InChI is InChI=1S/C15H20O2/c1-11-9-13(3-4-14(11)10-16)12-5-7-15(17-2)8-6-12/h5-9,11,14,16H,3-4,10H2,1-2H3/t11-,14-/m0/s1. The van der Waals surface area contributed by atoms with Crippen LogP contribution in [0.15, 0.2) is 30.3 Å². The van der Waals surface area contributed by atoms with Crippen LogP contribution in [0.3, 0.4) is 0 Å². The van der Waals surface area contributed by atoms with Crippen LogP contribution in [0.5, 0.6) is 5.75 Å². The zero-order chi connectivity index (χ0) is 12.3. The molecule has 1 N–H and O–H groups in total. The first-order chi connectivity index (χ1) is 8.24. The van der Waals surface area contributed by atoms with Crippen LogP contribution >= 0.6 is 0 Å². The first kappa shape index (κ1) is 12.2. The molecule has 92 valence electrons. The zero-order valence-corrected chi connectivity index (χ0v) is 10.5. The number of ether oxygens (including phenoxy) is 1. The Hall–Kier alpha value is -1.28. The summed E-state index contributed by atoms with van der Waals surface area (Å²) in [4.78, 5) is 0. The molecule has 1 aromatic rings. The third-order valence-electron chi connectivity index (χ3n) is 3.69. The highest BCUT2D eigenvalue weighted by Crippen LogP contribution is 2.33. The molecule has 0 saturated heterocycles. The van der Waals surface area contributed by atoms with Crippen LogP contribution < -0.4 is 4.74 Å². The summed E-state index contributed by atoms with van der Waals surface area (Å²) in [6.07, 6.45) is 4.43. The van der Waals surface area contributed by atoms with E-state index < -0.39 is 0 Å². The third-order valence-corrected chi connectivity index (χ3v) is 3.69. The molecule has 0 saturated carbocycles. The summed E-state index contributed by atoms with van der Waals surface area (Å²) < 4.78 is 5.16. The van der Waals surface area contributed by atoms with E-state index in [4.69, 9.17) is 4.74 Å². The van der Waals surface area contributed by atoms with E-state index in [1.807, 2.05) is 12.1 Å². The van der Waals surface area contributed by atoms with Gasteiger partial charge in [0.15, 0.2) is 0 Å². The van der Waals surface area contributed by atoms with Gasteiger partial charge in [-0.05, 0) is 47.9 Å². The van der Waals surface area contributed by atoms with Crippen LogP contribution in [0.2, 0.25) is 0 Å². The minimum Gasteiger partial charge on any atom is -0.497 e. The van der Waals surface area contributed by atoms with Crippen LogP contribution in [0.25, 0.3) is 5.57 Å². The van der Waals surface area contributed by atoms with Gasteiger partial charge in [0.1, 0.15) is 5.75 Å². The Bertz CT molecular complexity index is 392. The Kier molecular flexibility index (Phi) is 3.85. The number of allylic oxidation sites excluding steroid dienone is 2. The van der Waals surface area contributed by atoms with Crippen molar-refractivity contribution in [1.82, 2.24) is 0 Å². The number of hydrogen-bond acceptors (Lipinski definition) is 2. The second-order valence-electron chi connectivity index (χ2n) is 4.76. The first-order valence-corrected chi connectivity index (χ1v) is 6.20. The monoisotopic (exact) mass is 232 g/mol. The highest BCUT2D eigenvalue weighted by molar-refractivity contribution is 5.67. The zero-order valence-electron chi connectivity index (χ0n) is 10.5. The molecule has 17 heavy (non-hydrogen) atoms. The molecule has 0 aromatic heterocycles. The summed E-state index contributed by atoms with van der Waals surface area (Å²) in [6.45, 7) is 2.48. The van der Waals surface area contributed by atoms with Crippen molar-refractivity contribution in [3.8, 4) is 5.75 Å². The molecule has 0 radical (unpaired) electrons. The molecular weight excluding hydrogens is 212 g/mol. The number of aliphatic hydroxyl groups is 1. The summed E-state index contributed by atoms with van der Waals surface area (Å²) in [5.74, 6) is 1.79. The predicted octanol–water partition coefficient (Wildman–Crippen LogP) is 3.12. The quantitative estimate of drug-likeness (QED) is 0.867. The molecule has 2 nitrogen and oxygen atoms in total. The molecule has 1 aliphatic carbocycles. The van der Waals surface area contributed by atoms with Crippen molar-refractivity contribution in [2.24, 2.45) is 11.8 Å². The maximum Gasteiger partial charge on any atom is 0.118 e. The first-order valence-electron chi connectivity index (χ1n) is 6.20. The van der Waals surface area contributed by atoms with Gasteiger partial charge in [0.2, 0.25) is 0 Å². The fourth-order valence-electron chi connectivity index (χ4n) is 2.44. The van der Waals surface area contributed by atoms with Gasteiger partial charge in [-0.3, -0.25) is 0 Å². The lowest BCUT2D eigenvalue weighted by Gasteiger charge is -2.26. The lowest BCUT2D eigenvalue weighted by Crippen LogP contribution is -2.18. The van der Waals surface area contributed by atoms with E-state index in [1.165, 1.54) is 11.1 Å². The second kappa shape index (κ2) is 5.37. The predicted molar refractivity (Wildman–Crippen MR) is 69.9 cm³/mol. The second-order valence-corrected chi connectivity index (χ2v) is 4.76. The third kappa shape index (κ3) is 2.70. The molecular formula is C15H20O2. The molecule has 2 atom stereocenters. The Morgan fingerprint density at radius 3 is 2.53 bits per heavy atom. The summed E-state index contributed by atoms with van der Waals surface area (Å²) >= 11 is 0. The van der Waals surface area contributed by atoms with E-state index in [-0.39, 0.29) is 0 Å². The maximum atomic E-state index is 9.24. The molecule has 0 amide bonds. The van der Waals surface area contributed by atoms with Gasteiger partial charge in [-0.25, -0.2) is 0 Å². The topological polar surface area (TPSA) is 29.5 Å². The highest BCUT2D eigenvalue weighted by Gasteiger charge is 2.20. The van der Waals surface area contributed by atoms with E-state index in [0.29, 0.717) is 18.4 Å². The van der Waals surface area contributed by atoms with Gasteiger partial charge in [0.25, 0.3) is 0 Å². The molecule has 2 heteroatoms. The van der Waals surface area contributed by atoms with Crippen molar-refractivity contribution in [1.29, 1.82) is 0 Å². The van der Waals surface area contributed by atoms with Crippen molar-refractivity contribution in [2.75, 3.05) is 13.7 Å². The number of aliphatic hydroxyl groups excluding tert-OH is 1. The Morgan fingerprint density at radius 1 is 1.29 bits per heavy atom.